The summed E-state index contributed by atoms with van der Waals surface area (Å²) in [5.41, 5.74) is 1.68. The fraction of sp³-hybridized carbons (Fsp3) is 0.200. The van der Waals surface area contributed by atoms with Crippen LogP contribution in [0.5, 0.6) is 0 Å². The molecule has 0 aliphatic carbocycles. The lowest BCUT2D eigenvalue weighted by atomic mass is 9.98. The summed E-state index contributed by atoms with van der Waals surface area (Å²) in [5.74, 6) is -1.79. The molecule has 0 aromatic heterocycles. The van der Waals surface area contributed by atoms with Gasteiger partial charge >= 0.3 is 0 Å². The number of halogens is 4. The molecule has 0 fully saturated rings. The van der Waals surface area contributed by atoms with Crippen LogP contribution in [0.3, 0.4) is 0 Å². The first-order chi connectivity index (χ1) is 8.90. The zero-order valence-electron chi connectivity index (χ0n) is 10.5. The molecule has 19 heavy (non-hydrogen) atoms. The Kier molecular flexibility index (Phi) is 3.85. The summed E-state index contributed by atoms with van der Waals surface area (Å²) in [6.07, 6.45) is 0. The van der Waals surface area contributed by atoms with E-state index in [1.54, 1.807) is 13.0 Å². The van der Waals surface area contributed by atoms with E-state index in [0.717, 1.165) is 11.6 Å². The first-order valence-electron chi connectivity index (χ1n) is 5.76. The Morgan fingerprint density at radius 3 is 2.21 bits per heavy atom. The topological polar surface area (TPSA) is 0 Å². The zero-order valence-corrected chi connectivity index (χ0v) is 11.2. The van der Waals surface area contributed by atoms with Crippen molar-refractivity contribution >= 4 is 11.6 Å². The third-order valence-electron chi connectivity index (χ3n) is 3.07. The van der Waals surface area contributed by atoms with E-state index in [1.807, 2.05) is 0 Å². The van der Waals surface area contributed by atoms with E-state index in [9.17, 15) is 13.2 Å². The van der Waals surface area contributed by atoms with Crippen molar-refractivity contribution in [2.45, 2.75) is 19.2 Å². The molecule has 100 valence electrons. The van der Waals surface area contributed by atoms with Crippen molar-refractivity contribution in [3.05, 3.63) is 70.0 Å². The van der Waals surface area contributed by atoms with Gasteiger partial charge in [0, 0.05) is 11.6 Å². The van der Waals surface area contributed by atoms with Gasteiger partial charge in [-0.25, -0.2) is 13.2 Å². The van der Waals surface area contributed by atoms with Crippen LogP contribution in [-0.4, -0.2) is 0 Å². The quantitative estimate of drug-likeness (QED) is 0.677. The van der Waals surface area contributed by atoms with Crippen LogP contribution in [0, 0.1) is 31.3 Å². The summed E-state index contributed by atoms with van der Waals surface area (Å²) in [4.78, 5) is 0. The highest BCUT2D eigenvalue weighted by molar-refractivity contribution is 6.22. The number of benzene rings is 2. The zero-order chi connectivity index (χ0) is 14.2. The minimum absolute atomic E-state index is 0.147. The molecule has 1 unspecified atom stereocenters. The average Bonchev–Trinajstić information content (AvgIpc) is 2.36. The molecule has 1 atom stereocenters. The minimum Gasteiger partial charge on any atom is -0.207 e. The molecule has 0 heterocycles. The smallest absolute Gasteiger partial charge is 0.131 e. The van der Waals surface area contributed by atoms with Crippen molar-refractivity contribution in [2.75, 3.05) is 0 Å². The number of hydrogen-bond donors (Lipinski definition) is 0. The summed E-state index contributed by atoms with van der Waals surface area (Å²) in [6, 6.07) is 6.32. The van der Waals surface area contributed by atoms with Crippen LogP contribution in [0.25, 0.3) is 0 Å². The molecule has 4 heteroatoms. The predicted octanol–water partition coefficient (Wildman–Crippen LogP) is 5.05. The second-order valence-corrected chi connectivity index (χ2v) is 4.92. The van der Waals surface area contributed by atoms with E-state index in [2.05, 4.69) is 0 Å². The SMILES string of the molecule is Cc1cc(C(Cl)c2cc(F)ccc2C)c(F)cc1F. The van der Waals surface area contributed by atoms with Gasteiger partial charge < -0.3 is 0 Å². The molecular formula is C15H12ClF3. The molecule has 0 saturated heterocycles. The largest absolute Gasteiger partial charge is 0.207 e. The van der Waals surface area contributed by atoms with E-state index in [-0.39, 0.29) is 5.56 Å². The van der Waals surface area contributed by atoms with Crippen LogP contribution < -0.4 is 0 Å². The fourth-order valence-electron chi connectivity index (χ4n) is 1.93. The van der Waals surface area contributed by atoms with E-state index < -0.39 is 22.8 Å². The van der Waals surface area contributed by atoms with Crippen molar-refractivity contribution in [2.24, 2.45) is 0 Å². The first kappa shape index (κ1) is 13.9. The van der Waals surface area contributed by atoms with Crippen LogP contribution in [-0.2, 0) is 0 Å². The van der Waals surface area contributed by atoms with E-state index >= 15 is 0 Å². The molecule has 2 rings (SSSR count). The van der Waals surface area contributed by atoms with Gasteiger partial charge in [0.25, 0.3) is 0 Å². The number of aryl methyl sites for hydroxylation is 2. The third kappa shape index (κ3) is 2.76. The standard InChI is InChI=1S/C15H12ClF3/c1-8-3-4-10(17)6-11(8)15(16)12-5-9(2)13(18)7-14(12)19/h3-7,15H,1-2H3. The van der Waals surface area contributed by atoms with Crippen LogP contribution in [0.2, 0.25) is 0 Å². The van der Waals surface area contributed by atoms with Gasteiger partial charge in [0.2, 0.25) is 0 Å². The maximum absolute atomic E-state index is 13.8. The minimum atomic E-state index is -0.852. The number of rotatable bonds is 2. The monoisotopic (exact) mass is 284 g/mol. The Labute approximate surface area is 114 Å². The van der Waals surface area contributed by atoms with E-state index in [0.29, 0.717) is 11.1 Å². The van der Waals surface area contributed by atoms with Crippen molar-refractivity contribution in [1.82, 2.24) is 0 Å². The molecule has 0 saturated carbocycles. The average molecular weight is 285 g/mol. The highest BCUT2D eigenvalue weighted by atomic mass is 35.5. The highest BCUT2D eigenvalue weighted by Gasteiger charge is 2.19. The number of alkyl halides is 1. The van der Waals surface area contributed by atoms with Crippen molar-refractivity contribution in [3.63, 3.8) is 0 Å². The summed E-state index contributed by atoms with van der Waals surface area (Å²) < 4.78 is 40.3. The van der Waals surface area contributed by atoms with Crippen LogP contribution >= 0.6 is 11.6 Å². The van der Waals surface area contributed by atoms with Gasteiger partial charge in [-0.2, -0.15) is 0 Å². The maximum atomic E-state index is 13.8. The van der Waals surface area contributed by atoms with E-state index in [1.165, 1.54) is 25.1 Å². The molecule has 0 amide bonds. The van der Waals surface area contributed by atoms with Crippen molar-refractivity contribution < 1.29 is 13.2 Å². The van der Waals surface area contributed by atoms with Crippen molar-refractivity contribution in [3.8, 4) is 0 Å². The third-order valence-corrected chi connectivity index (χ3v) is 3.54. The molecule has 0 aliphatic rings. The van der Waals surface area contributed by atoms with Crippen LogP contribution in [0.15, 0.2) is 30.3 Å². The molecule has 2 aromatic rings. The lowest BCUT2D eigenvalue weighted by molar-refractivity contribution is 0.567. The lowest BCUT2D eigenvalue weighted by Crippen LogP contribution is -2.02. The molecule has 0 N–H and O–H groups in total. The Balaban J connectivity index is 2.52. The van der Waals surface area contributed by atoms with Gasteiger partial charge in [-0.05, 0) is 48.7 Å². The van der Waals surface area contributed by atoms with Crippen LogP contribution in [0.1, 0.15) is 27.6 Å². The first-order valence-corrected chi connectivity index (χ1v) is 6.19. The van der Waals surface area contributed by atoms with Crippen molar-refractivity contribution in [1.29, 1.82) is 0 Å². The maximum Gasteiger partial charge on any atom is 0.131 e. The van der Waals surface area contributed by atoms with Gasteiger partial charge in [-0.3, -0.25) is 0 Å². The summed E-state index contributed by atoms with van der Waals surface area (Å²) in [7, 11) is 0. The Morgan fingerprint density at radius 2 is 1.53 bits per heavy atom. The normalized spacial score (nSPS) is 12.5. The Morgan fingerprint density at radius 1 is 0.842 bits per heavy atom. The Bertz CT molecular complexity index is 623. The predicted molar refractivity (Wildman–Crippen MR) is 69.9 cm³/mol. The highest BCUT2D eigenvalue weighted by Crippen LogP contribution is 2.34. The molecule has 0 spiro atoms. The lowest BCUT2D eigenvalue weighted by Gasteiger charge is -2.15. The van der Waals surface area contributed by atoms with E-state index in [4.69, 9.17) is 11.6 Å². The molecule has 0 aliphatic heterocycles. The fourth-order valence-corrected chi connectivity index (χ4v) is 2.33. The second kappa shape index (κ2) is 5.25. The van der Waals surface area contributed by atoms with Gasteiger partial charge in [0.15, 0.2) is 0 Å². The second-order valence-electron chi connectivity index (χ2n) is 4.49. The molecule has 0 nitrogen and oxygen atoms in total. The summed E-state index contributed by atoms with van der Waals surface area (Å²) in [5, 5.41) is -0.852. The van der Waals surface area contributed by atoms with Gasteiger partial charge in [-0.1, -0.05) is 6.07 Å². The summed E-state index contributed by atoms with van der Waals surface area (Å²) >= 11 is 6.21. The van der Waals surface area contributed by atoms with Crippen LogP contribution in [0.4, 0.5) is 13.2 Å². The summed E-state index contributed by atoms with van der Waals surface area (Å²) in [6.45, 7) is 3.29. The molecule has 0 bridgehead atoms. The molecule has 0 radical (unpaired) electrons. The van der Waals surface area contributed by atoms with Gasteiger partial charge in [0.1, 0.15) is 17.5 Å². The molecular weight excluding hydrogens is 273 g/mol. The van der Waals surface area contributed by atoms with Gasteiger partial charge in [-0.15, -0.1) is 11.6 Å². The Hall–Kier alpha value is -1.48. The number of hydrogen-bond acceptors (Lipinski definition) is 0. The van der Waals surface area contributed by atoms with Gasteiger partial charge in [0.05, 0.1) is 5.38 Å². The molecule has 2 aromatic carbocycles.